The van der Waals surface area contributed by atoms with Gasteiger partial charge in [-0.2, -0.15) is 0 Å². The Morgan fingerprint density at radius 2 is 1.91 bits per heavy atom. The molecule has 2 rings (SSSR count). The average molecular weight is 342 g/mol. The number of phenolic OH excluding ortho intramolecular Hbond substituents is 1. The van der Waals surface area contributed by atoms with Crippen molar-refractivity contribution in [3.63, 3.8) is 0 Å². The molecule has 2 aromatic carbocycles. The number of hydrogen-bond donors (Lipinski definition) is 3. The number of nitrogens with one attached hydrogen (secondary N) is 1. The highest BCUT2D eigenvalue weighted by Gasteiger charge is 2.20. The van der Waals surface area contributed by atoms with E-state index in [1.807, 2.05) is 0 Å². The van der Waals surface area contributed by atoms with Crippen molar-refractivity contribution < 1.29 is 23.4 Å². The van der Waals surface area contributed by atoms with Crippen LogP contribution in [-0.4, -0.2) is 24.6 Å². The zero-order valence-electron chi connectivity index (χ0n) is 11.4. The maximum Gasteiger partial charge on any atom is 0.335 e. The van der Waals surface area contributed by atoms with E-state index in [9.17, 15) is 18.3 Å². The van der Waals surface area contributed by atoms with Crippen LogP contribution in [0.4, 0.5) is 5.69 Å². The molecule has 0 aromatic heterocycles. The van der Waals surface area contributed by atoms with Crippen LogP contribution in [0, 0.1) is 6.92 Å². The smallest absolute Gasteiger partial charge is 0.335 e. The summed E-state index contributed by atoms with van der Waals surface area (Å²) < 4.78 is 26.8. The lowest BCUT2D eigenvalue weighted by atomic mass is 10.1. The van der Waals surface area contributed by atoms with Crippen molar-refractivity contribution in [2.45, 2.75) is 11.8 Å². The van der Waals surface area contributed by atoms with Gasteiger partial charge >= 0.3 is 5.97 Å². The first-order valence-electron chi connectivity index (χ1n) is 6.06. The van der Waals surface area contributed by atoms with Crippen LogP contribution in [0.5, 0.6) is 5.75 Å². The number of anilines is 1. The van der Waals surface area contributed by atoms with Gasteiger partial charge in [-0.1, -0.05) is 23.7 Å². The van der Waals surface area contributed by atoms with Crippen LogP contribution in [0.3, 0.4) is 0 Å². The molecule has 0 aliphatic carbocycles. The third kappa shape index (κ3) is 3.15. The number of aromatic hydroxyl groups is 1. The molecule has 0 unspecified atom stereocenters. The van der Waals surface area contributed by atoms with Gasteiger partial charge in [0.15, 0.2) is 0 Å². The minimum absolute atomic E-state index is 0.0224. The SMILES string of the molecule is Cc1ccc(S(=O)(=O)Nc2c(O)cccc2Cl)cc1C(=O)O. The van der Waals surface area contributed by atoms with Crippen LogP contribution >= 0.6 is 11.6 Å². The second kappa shape index (κ2) is 5.86. The monoisotopic (exact) mass is 341 g/mol. The van der Waals surface area contributed by atoms with Gasteiger partial charge in [0.05, 0.1) is 15.5 Å². The fourth-order valence-corrected chi connectivity index (χ4v) is 3.20. The van der Waals surface area contributed by atoms with Crippen molar-refractivity contribution in [3.8, 4) is 5.75 Å². The zero-order valence-corrected chi connectivity index (χ0v) is 12.9. The van der Waals surface area contributed by atoms with E-state index in [0.717, 1.165) is 6.07 Å². The summed E-state index contributed by atoms with van der Waals surface area (Å²) in [5.74, 6) is -1.56. The highest BCUT2D eigenvalue weighted by atomic mass is 35.5. The van der Waals surface area contributed by atoms with Crippen molar-refractivity contribution in [2.24, 2.45) is 0 Å². The van der Waals surface area contributed by atoms with Crippen LogP contribution in [0.2, 0.25) is 5.02 Å². The summed E-state index contributed by atoms with van der Waals surface area (Å²) in [6.45, 7) is 1.56. The first-order valence-corrected chi connectivity index (χ1v) is 7.93. The molecule has 2 aromatic rings. The summed E-state index contributed by atoms with van der Waals surface area (Å²) in [4.78, 5) is 10.9. The number of halogens is 1. The quantitative estimate of drug-likeness (QED) is 0.742. The van der Waals surface area contributed by atoms with Gasteiger partial charge in [-0.25, -0.2) is 13.2 Å². The predicted molar refractivity (Wildman–Crippen MR) is 82.1 cm³/mol. The van der Waals surface area contributed by atoms with Crippen molar-refractivity contribution >= 4 is 33.3 Å². The molecule has 0 amide bonds. The predicted octanol–water partition coefficient (Wildman–Crippen LogP) is 2.85. The molecular weight excluding hydrogens is 330 g/mol. The molecule has 22 heavy (non-hydrogen) atoms. The number of sulfonamides is 1. The molecule has 0 aliphatic rings. The first kappa shape index (κ1) is 16.1. The van der Waals surface area contributed by atoms with Crippen LogP contribution in [-0.2, 0) is 10.0 Å². The number of carboxylic acid groups (broad SMARTS) is 1. The average Bonchev–Trinajstić information content (AvgIpc) is 2.43. The van der Waals surface area contributed by atoms with E-state index in [1.54, 1.807) is 6.92 Å². The first-order chi connectivity index (χ1) is 10.2. The normalized spacial score (nSPS) is 11.2. The Morgan fingerprint density at radius 1 is 1.23 bits per heavy atom. The van der Waals surface area contributed by atoms with Crippen LogP contribution in [0.15, 0.2) is 41.3 Å². The number of aromatic carboxylic acids is 1. The van der Waals surface area contributed by atoms with Gasteiger partial charge in [0.1, 0.15) is 11.4 Å². The molecule has 0 atom stereocenters. The number of rotatable bonds is 4. The van der Waals surface area contributed by atoms with E-state index in [-0.39, 0.29) is 26.9 Å². The molecule has 116 valence electrons. The van der Waals surface area contributed by atoms with Crippen LogP contribution in [0.1, 0.15) is 15.9 Å². The number of aryl methyl sites for hydroxylation is 1. The molecule has 6 nitrogen and oxygen atoms in total. The Balaban J connectivity index is 2.48. The third-order valence-electron chi connectivity index (χ3n) is 2.98. The summed E-state index contributed by atoms with van der Waals surface area (Å²) in [5.41, 5.74) is 0.153. The fourth-order valence-electron chi connectivity index (χ4n) is 1.81. The van der Waals surface area contributed by atoms with E-state index in [1.165, 1.54) is 30.3 Å². The largest absolute Gasteiger partial charge is 0.506 e. The lowest BCUT2D eigenvalue weighted by Gasteiger charge is -2.12. The maximum atomic E-state index is 12.3. The van der Waals surface area contributed by atoms with Gasteiger partial charge in [0, 0.05) is 0 Å². The van der Waals surface area contributed by atoms with Gasteiger partial charge < -0.3 is 10.2 Å². The second-order valence-corrected chi connectivity index (χ2v) is 6.61. The topological polar surface area (TPSA) is 104 Å². The highest BCUT2D eigenvalue weighted by molar-refractivity contribution is 7.92. The summed E-state index contributed by atoms with van der Waals surface area (Å²) in [7, 11) is -4.09. The molecule has 8 heteroatoms. The number of hydrogen-bond acceptors (Lipinski definition) is 4. The van der Waals surface area contributed by atoms with Gasteiger partial charge in [-0.05, 0) is 36.8 Å². The molecule has 0 aliphatic heterocycles. The lowest BCUT2D eigenvalue weighted by molar-refractivity contribution is 0.0696. The van der Waals surface area contributed by atoms with Gasteiger partial charge in [-0.3, -0.25) is 4.72 Å². The standard InChI is InChI=1S/C14H12ClNO5S/c1-8-5-6-9(7-10(8)14(18)19)22(20,21)16-13-11(15)3-2-4-12(13)17/h2-7,16-17H,1H3,(H,18,19). The molecule has 0 radical (unpaired) electrons. The van der Waals surface area contributed by atoms with E-state index < -0.39 is 16.0 Å². The van der Waals surface area contributed by atoms with Gasteiger partial charge in [0.25, 0.3) is 10.0 Å². The van der Waals surface area contributed by atoms with E-state index in [4.69, 9.17) is 16.7 Å². The number of phenols is 1. The van der Waals surface area contributed by atoms with Crippen molar-refractivity contribution in [1.82, 2.24) is 0 Å². The maximum absolute atomic E-state index is 12.3. The summed E-state index contributed by atoms with van der Waals surface area (Å²) in [6, 6.07) is 7.87. The van der Waals surface area contributed by atoms with Crippen molar-refractivity contribution in [3.05, 3.63) is 52.5 Å². The third-order valence-corrected chi connectivity index (χ3v) is 4.64. The van der Waals surface area contributed by atoms with E-state index in [0.29, 0.717) is 5.56 Å². The molecule has 0 bridgehead atoms. The molecule has 3 N–H and O–H groups in total. The van der Waals surface area contributed by atoms with Crippen molar-refractivity contribution in [2.75, 3.05) is 4.72 Å². The number of carboxylic acids is 1. The van der Waals surface area contributed by atoms with E-state index >= 15 is 0 Å². The number of benzene rings is 2. The summed E-state index contributed by atoms with van der Waals surface area (Å²) >= 11 is 5.85. The summed E-state index contributed by atoms with van der Waals surface area (Å²) in [5, 5.41) is 18.8. The zero-order chi connectivity index (χ0) is 16.5. The molecule has 0 fully saturated rings. The van der Waals surface area contributed by atoms with Crippen molar-refractivity contribution in [1.29, 1.82) is 0 Å². The molecular formula is C14H12ClNO5S. The highest BCUT2D eigenvalue weighted by Crippen LogP contribution is 2.33. The Hall–Kier alpha value is -2.25. The lowest BCUT2D eigenvalue weighted by Crippen LogP contribution is -2.14. The molecule has 0 saturated carbocycles. The van der Waals surface area contributed by atoms with Gasteiger partial charge in [-0.15, -0.1) is 0 Å². The van der Waals surface area contributed by atoms with Crippen LogP contribution < -0.4 is 4.72 Å². The molecule has 0 spiro atoms. The molecule has 0 saturated heterocycles. The minimum Gasteiger partial charge on any atom is -0.506 e. The Labute approximate surface area is 132 Å². The Morgan fingerprint density at radius 3 is 2.50 bits per heavy atom. The molecule has 0 heterocycles. The van der Waals surface area contributed by atoms with E-state index in [2.05, 4.69) is 4.72 Å². The second-order valence-electron chi connectivity index (χ2n) is 4.52. The Kier molecular flexibility index (Phi) is 4.30. The Bertz CT molecular complexity index is 828. The number of para-hydroxylation sites is 1. The number of carbonyl (C=O) groups is 1. The van der Waals surface area contributed by atoms with Crippen LogP contribution in [0.25, 0.3) is 0 Å². The fraction of sp³-hybridized carbons (Fsp3) is 0.0714. The minimum atomic E-state index is -4.09. The van der Waals surface area contributed by atoms with Gasteiger partial charge in [0.2, 0.25) is 0 Å². The summed E-state index contributed by atoms with van der Waals surface area (Å²) in [6.07, 6.45) is 0.